The van der Waals surface area contributed by atoms with Crippen LogP contribution in [0.2, 0.25) is 0 Å². The lowest BCUT2D eigenvalue weighted by Crippen LogP contribution is -2.18. The maximum atomic E-state index is 12.2. The standard InChI is InChI=1S/C16H16ClNO/c1-11-7-6-8-12(2)15(11)18-16(19)14(17)13-9-4-3-5-10-13/h3-10,14H,1-2H3,(H,18,19)/t14-/m0/s1. The van der Waals surface area contributed by atoms with Crippen molar-refractivity contribution < 1.29 is 4.79 Å². The van der Waals surface area contributed by atoms with E-state index in [1.165, 1.54) is 0 Å². The Labute approximate surface area is 118 Å². The molecule has 2 nitrogen and oxygen atoms in total. The van der Waals surface area contributed by atoms with Gasteiger partial charge in [0.1, 0.15) is 5.38 Å². The summed E-state index contributed by atoms with van der Waals surface area (Å²) in [5, 5.41) is 2.23. The Bertz CT molecular complexity index is 560. The fraction of sp³-hybridized carbons (Fsp3) is 0.188. The molecule has 0 saturated heterocycles. The van der Waals surface area contributed by atoms with Gasteiger partial charge in [-0.2, -0.15) is 0 Å². The topological polar surface area (TPSA) is 29.1 Å². The van der Waals surface area contributed by atoms with E-state index in [0.29, 0.717) is 0 Å². The summed E-state index contributed by atoms with van der Waals surface area (Å²) in [6.45, 7) is 3.93. The van der Waals surface area contributed by atoms with Crippen molar-refractivity contribution in [2.24, 2.45) is 0 Å². The van der Waals surface area contributed by atoms with Crippen molar-refractivity contribution in [1.82, 2.24) is 0 Å². The van der Waals surface area contributed by atoms with Crippen LogP contribution in [0.25, 0.3) is 0 Å². The zero-order chi connectivity index (χ0) is 13.8. The van der Waals surface area contributed by atoms with Gasteiger partial charge in [0.15, 0.2) is 0 Å². The zero-order valence-electron chi connectivity index (χ0n) is 11.0. The number of alkyl halides is 1. The summed E-state index contributed by atoms with van der Waals surface area (Å²) < 4.78 is 0. The zero-order valence-corrected chi connectivity index (χ0v) is 11.7. The number of para-hydroxylation sites is 1. The number of halogens is 1. The molecular weight excluding hydrogens is 258 g/mol. The van der Waals surface area contributed by atoms with Crippen LogP contribution in [-0.2, 0) is 4.79 Å². The van der Waals surface area contributed by atoms with E-state index < -0.39 is 5.38 Å². The van der Waals surface area contributed by atoms with Crippen LogP contribution >= 0.6 is 11.6 Å². The van der Waals surface area contributed by atoms with E-state index in [1.54, 1.807) is 0 Å². The predicted molar refractivity (Wildman–Crippen MR) is 79.6 cm³/mol. The van der Waals surface area contributed by atoms with Crippen LogP contribution in [0, 0.1) is 13.8 Å². The molecule has 0 aliphatic rings. The number of hydrogen-bond donors (Lipinski definition) is 1. The lowest BCUT2D eigenvalue weighted by Gasteiger charge is -2.14. The highest BCUT2D eigenvalue weighted by Gasteiger charge is 2.18. The molecule has 0 aromatic heterocycles. The minimum Gasteiger partial charge on any atom is -0.324 e. The van der Waals surface area contributed by atoms with Crippen LogP contribution in [0.15, 0.2) is 48.5 Å². The van der Waals surface area contributed by atoms with Crippen LogP contribution in [0.5, 0.6) is 0 Å². The Morgan fingerprint density at radius 1 is 1.00 bits per heavy atom. The Morgan fingerprint density at radius 2 is 1.58 bits per heavy atom. The molecule has 0 spiro atoms. The molecule has 0 unspecified atom stereocenters. The van der Waals surface area contributed by atoms with Crippen LogP contribution in [0.3, 0.4) is 0 Å². The minimum absolute atomic E-state index is 0.203. The number of rotatable bonds is 3. The molecule has 98 valence electrons. The molecule has 0 aliphatic carbocycles. The number of amides is 1. The largest absolute Gasteiger partial charge is 0.324 e. The van der Waals surface area contributed by atoms with Crippen molar-refractivity contribution in [3.05, 3.63) is 65.2 Å². The number of benzene rings is 2. The lowest BCUT2D eigenvalue weighted by molar-refractivity contribution is -0.116. The van der Waals surface area contributed by atoms with E-state index in [1.807, 2.05) is 62.4 Å². The molecule has 1 atom stereocenters. The molecule has 1 amide bonds. The fourth-order valence-corrected chi connectivity index (χ4v) is 2.17. The second-order valence-electron chi connectivity index (χ2n) is 4.53. The highest BCUT2D eigenvalue weighted by atomic mass is 35.5. The van der Waals surface area contributed by atoms with Crippen LogP contribution in [-0.4, -0.2) is 5.91 Å². The minimum atomic E-state index is -0.680. The van der Waals surface area contributed by atoms with Gasteiger partial charge in [-0.25, -0.2) is 0 Å². The molecule has 0 saturated carbocycles. The smallest absolute Gasteiger partial charge is 0.246 e. The van der Waals surface area contributed by atoms with Crippen LogP contribution in [0.1, 0.15) is 22.1 Å². The van der Waals surface area contributed by atoms with Crippen molar-refractivity contribution in [2.75, 3.05) is 5.32 Å². The van der Waals surface area contributed by atoms with Gasteiger partial charge in [-0.1, -0.05) is 48.5 Å². The number of carbonyl (C=O) groups is 1. The van der Waals surface area contributed by atoms with Gasteiger partial charge in [-0.05, 0) is 30.5 Å². The molecule has 1 N–H and O–H groups in total. The van der Waals surface area contributed by atoms with Gasteiger partial charge in [-0.3, -0.25) is 4.79 Å². The van der Waals surface area contributed by atoms with Gasteiger partial charge in [-0.15, -0.1) is 11.6 Å². The lowest BCUT2D eigenvalue weighted by atomic mass is 10.1. The number of anilines is 1. The Balaban J connectivity index is 2.18. The maximum Gasteiger partial charge on any atom is 0.246 e. The van der Waals surface area contributed by atoms with Crippen molar-refractivity contribution in [1.29, 1.82) is 0 Å². The monoisotopic (exact) mass is 273 g/mol. The first-order valence-corrected chi connectivity index (χ1v) is 6.59. The van der Waals surface area contributed by atoms with Gasteiger partial charge >= 0.3 is 0 Å². The molecule has 0 radical (unpaired) electrons. The number of hydrogen-bond acceptors (Lipinski definition) is 1. The van der Waals surface area contributed by atoms with Crippen molar-refractivity contribution in [3.8, 4) is 0 Å². The maximum absolute atomic E-state index is 12.2. The first kappa shape index (κ1) is 13.6. The summed E-state index contributed by atoms with van der Waals surface area (Å²) in [5.74, 6) is -0.203. The van der Waals surface area contributed by atoms with Gasteiger partial charge in [0.25, 0.3) is 0 Å². The highest BCUT2D eigenvalue weighted by molar-refractivity contribution is 6.32. The van der Waals surface area contributed by atoms with E-state index in [2.05, 4.69) is 5.32 Å². The molecule has 0 fully saturated rings. The number of aryl methyl sites for hydroxylation is 2. The first-order chi connectivity index (χ1) is 9.09. The van der Waals surface area contributed by atoms with Gasteiger partial charge in [0.05, 0.1) is 0 Å². The SMILES string of the molecule is Cc1cccc(C)c1NC(=O)[C@@H](Cl)c1ccccc1. The van der Waals surface area contributed by atoms with Gasteiger partial charge < -0.3 is 5.32 Å². The molecule has 19 heavy (non-hydrogen) atoms. The normalized spacial score (nSPS) is 11.9. The average Bonchev–Trinajstić information content (AvgIpc) is 2.43. The average molecular weight is 274 g/mol. The van der Waals surface area contributed by atoms with E-state index >= 15 is 0 Å². The summed E-state index contributed by atoms with van der Waals surface area (Å²) in [4.78, 5) is 12.2. The van der Waals surface area contributed by atoms with Crippen LogP contribution in [0.4, 0.5) is 5.69 Å². The Morgan fingerprint density at radius 3 is 2.16 bits per heavy atom. The second-order valence-corrected chi connectivity index (χ2v) is 4.97. The molecule has 0 bridgehead atoms. The summed E-state index contributed by atoms with van der Waals surface area (Å²) in [6, 6.07) is 15.2. The van der Waals surface area contributed by atoms with E-state index in [0.717, 1.165) is 22.4 Å². The first-order valence-electron chi connectivity index (χ1n) is 6.15. The molecule has 2 aromatic carbocycles. The Kier molecular flexibility index (Phi) is 4.23. The molecule has 0 heterocycles. The summed E-state index contributed by atoms with van der Waals surface area (Å²) in [7, 11) is 0. The third-order valence-electron chi connectivity index (χ3n) is 3.05. The van der Waals surface area contributed by atoms with Crippen molar-refractivity contribution in [3.63, 3.8) is 0 Å². The molecular formula is C16H16ClNO. The van der Waals surface area contributed by atoms with E-state index in [-0.39, 0.29) is 5.91 Å². The van der Waals surface area contributed by atoms with Crippen molar-refractivity contribution >= 4 is 23.2 Å². The molecule has 2 rings (SSSR count). The van der Waals surface area contributed by atoms with Crippen LogP contribution < -0.4 is 5.32 Å². The van der Waals surface area contributed by atoms with Crippen molar-refractivity contribution in [2.45, 2.75) is 19.2 Å². The summed E-state index contributed by atoms with van der Waals surface area (Å²) in [6.07, 6.45) is 0. The van der Waals surface area contributed by atoms with Gasteiger partial charge in [0, 0.05) is 5.69 Å². The summed E-state index contributed by atoms with van der Waals surface area (Å²) >= 11 is 6.20. The van der Waals surface area contributed by atoms with E-state index in [4.69, 9.17) is 11.6 Å². The predicted octanol–water partition coefficient (Wildman–Crippen LogP) is 4.22. The van der Waals surface area contributed by atoms with E-state index in [9.17, 15) is 4.79 Å². The quantitative estimate of drug-likeness (QED) is 0.834. The summed E-state index contributed by atoms with van der Waals surface area (Å²) in [5.41, 5.74) is 3.71. The molecule has 0 aliphatic heterocycles. The number of nitrogens with one attached hydrogen (secondary N) is 1. The Hall–Kier alpha value is -1.80. The molecule has 2 aromatic rings. The highest BCUT2D eigenvalue weighted by Crippen LogP contribution is 2.25. The van der Waals surface area contributed by atoms with Gasteiger partial charge in [0.2, 0.25) is 5.91 Å². The second kappa shape index (κ2) is 5.89. The fourth-order valence-electron chi connectivity index (χ4n) is 1.97. The molecule has 3 heteroatoms. The third kappa shape index (κ3) is 3.15. The number of carbonyl (C=O) groups excluding carboxylic acids is 1. The third-order valence-corrected chi connectivity index (χ3v) is 3.50.